The van der Waals surface area contributed by atoms with Crippen LogP contribution in [-0.2, 0) is 9.59 Å². The molecule has 0 heterocycles. The molecule has 2 rings (SSSR count). The van der Waals surface area contributed by atoms with E-state index in [-0.39, 0.29) is 11.6 Å². The molecule has 0 aromatic carbocycles. The molecule has 2 fully saturated rings. The summed E-state index contributed by atoms with van der Waals surface area (Å²) in [6.45, 7) is 3.44. The number of aliphatic carboxylic acids is 1. The van der Waals surface area contributed by atoms with Gasteiger partial charge in [0, 0.05) is 12.2 Å². The number of amides is 1. The first-order valence-corrected chi connectivity index (χ1v) is 7.82. The van der Waals surface area contributed by atoms with E-state index in [9.17, 15) is 9.59 Å². The molecule has 0 radical (unpaired) electrons. The topological polar surface area (TPSA) is 102 Å². The van der Waals surface area contributed by atoms with Crippen LogP contribution in [0.5, 0.6) is 0 Å². The smallest absolute Gasteiger partial charge is 0.325 e. The average Bonchev–Trinajstić information content (AvgIpc) is 3.10. The summed E-state index contributed by atoms with van der Waals surface area (Å²) < 4.78 is 0. The standard InChI is InChI=1S/C16H23N3O3/c1-9(14-6-11-3-4-12(14)5-11)18-8-13(7-17)15(20)19-10(2)16(21)22/h8-12,14,18H,3-6H2,1-2H3,(H,19,20)(H,21,22)/b13-8-. The SMILES string of the molecule is CC(NC(=O)/C(C#N)=C\NC(C)C1CC2CCC1C2)C(=O)O. The number of fused-ring (bicyclic) bond motifs is 2. The lowest BCUT2D eigenvalue weighted by Gasteiger charge is -2.28. The van der Waals surface area contributed by atoms with Crippen LogP contribution in [0.2, 0.25) is 0 Å². The van der Waals surface area contributed by atoms with E-state index >= 15 is 0 Å². The lowest BCUT2D eigenvalue weighted by molar-refractivity contribution is -0.140. The zero-order valence-corrected chi connectivity index (χ0v) is 13.0. The van der Waals surface area contributed by atoms with Gasteiger partial charge in [0.2, 0.25) is 0 Å². The Hall–Kier alpha value is -2.03. The van der Waals surface area contributed by atoms with Gasteiger partial charge in [-0.1, -0.05) is 6.42 Å². The Balaban J connectivity index is 1.90. The third-order valence-corrected chi connectivity index (χ3v) is 5.01. The highest BCUT2D eigenvalue weighted by molar-refractivity contribution is 5.99. The largest absolute Gasteiger partial charge is 0.480 e. The van der Waals surface area contributed by atoms with E-state index < -0.39 is 17.9 Å². The molecule has 0 aromatic heterocycles. The Kier molecular flexibility index (Phi) is 5.07. The summed E-state index contributed by atoms with van der Waals surface area (Å²) in [6, 6.07) is 1.01. The first-order chi connectivity index (χ1) is 10.4. The quantitative estimate of drug-likeness (QED) is 0.508. The van der Waals surface area contributed by atoms with Gasteiger partial charge in [-0.2, -0.15) is 5.26 Å². The second kappa shape index (κ2) is 6.82. The van der Waals surface area contributed by atoms with Crippen molar-refractivity contribution in [3.63, 3.8) is 0 Å². The van der Waals surface area contributed by atoms with E-state index in [0.29, 0.717) is 5.92 Å². The predicted octanol–water partition coefficient (Wildman–Crippen LogP) is 1.40. The maximum Gasteiger partial charge on any atom is 0.325 e. The molecular weight excluding hydrogens is 282 g/mol. The number of carbonyl (C=O) groups excluding carboxylic acids is 1. The lowest BCUT2D eigenvalue weighted by atomic mass is 9.84. The highest BCUT2D eigenvalue weighted by Gasteiger charge is 2.41. The number of nitrogens with zero attached hydrogens (tertiary/aromatic N) is 1. The van der Waals surface area contributed by atoms with Gasteiger partial charge >= 0.3 is 5.97 Å². The summed E-state index contributed by atoms with van der Waals surface area (Å²) in [4.78, 5) is 22.6. The van der Waals surface area contributed by atoms with E-state index in [4.69, 9.17) is 10.4 Å². The monoisotopic (exact) mass is 305 g/mol. The molecule has 5 unspecified atom stereocenters. The first kappa shape index (κ1) is 16.3. The molecule has 2 bridgehead atoms. The van der Waals surface area contributed by atoms with Crippen molar-refractivity contribution in [2.45, 2.75) is 51.6 Å². The molecule has 2 aliphatic rings. The number of carbonyl (C=O) groups is 2. The third-order valence-electron chi connectivity index (χ3n) is 5.01. The van der Waals surface area contributed by atoms with Gasteiger partial charge in [0.25, 0.3) is 5.91 Å². The predicted molar refractivity (Wildman–Crippen MR) is 80.5 cm³/mol. The van der Waals surface area contributed by atoms with Gasteiger partial charge in [0.15, 0.2) is 0 Å². The van der Waals surface area contributed by atoms with E-state index in [1.54, 1.807) is 0 Å². The second-order valence-corrected chi connectivity index (χ2v) is 6.50. The molecule has 5 atom stereocenters. The van der Waals surface area contributed by atoms with Gasteiger partial charge in [-0.15, -0.1) is 0 Å². The molecule has 0 saturated heterocycles. The molecule has 120 valence electrons. The van der Waals surface area contributed by atoms with Gasteiger partial charge in [0.05, 0.1) is 0 Å². The molecule has 6 heteroatoms. The Labute approximate surface area is 130 Å². The van der Waals surface area contributed by atoms with Gasteiger partial charge in [0.1, 0.15) is 17.7 Å². The van der Waals surface area contributed by atoms with Crippen LogP contribution in [0.4, 0.5) is 0 Å². The van der Waals surface area contributed by atoms with E-state index in [1.165, 1.54) is 38.8 Å². The van der Waals surface area contributed by atoms with Gasteiger partial charge < -0.3 is 15.7 Å². The fraction of sp³-hybridized carbons (Fsp3) is 0.688. The molecule has 0 aromatic rings. The number of nitriles is 1. The molecule has 6 nitrogen and oxygen atoms in total. The van der Waals surface area contributed by atoms with Crippen molar-refractivity contribution in [2.75, 3.05) is 0 Å². The Morgan fingerprint density at radius 1 is 1.32 bits per heavy atom. The third kappa shape index (κ3) is 3.59. The van der Waals surface area contributed by atoms with Crippen LogP contribution in [-0.4, -0.2) is 29.1 Å². The van der Waals surface area contributed by atoms with Gasteiger partial charge in [-0.25, -0.2) is 0 Å². The van der Waals surface area contributed by atoms with Crippen LogP contribution >= 0.6 is 0 Å². The van der Waals surface area contributed by atoms with Gasteiger partial charge in [-0.3, -0.25) is 9.59 Å². The molecule has 2 saturated carbocycles. The number of carboxylic acids is 1. The van der Waals surface area contributed by atoms with Crippen LogP contribution in [0.15, 0.2) is 11.8 Å². The molecule has 22 heavy (non-hydrogen) atoms. The van der Waals surface area contributed by atoms with Crippen molar-refractivity contribution in [3.8, 4) is 6.07 Å². The number of rotatable bonds is 6. The number of hydrogen-bond donors (Lipinski definition) is 3. The van der Waals surface area contributed by atoms with Crippen molar-refractivity contribution in [2.24, 2.45) is 17.8 Å². The maximum atomic E-state index is 11.8. The summed E-state index contributed by atoms with van der Waals surface area (Å²) in [6.07, 6.45) is 6.56. The molecule has 1 amide bonds. The van der Waals surface area contributed by atoms with Crippen LogP contribution in [0.3, 0.4) is 0 Å². The number of carboxylic acid groups (broad SMARTS) is 1. The molecular formula is C16H23N3O3. The minimum Gasteiger partial charge on any atom is -0.480 e. The maximum absolute atomic E-state index is 11.8. The first-order valence-electron chi connectivity index (χ1n) is 7.82. The molecule has 3 N–H and O–H groups in total. The zero-order valence-electron chi connectivity index (χ0n) is 13.0. The van der Waals surface area contributed by atoms with E-state index in [0.717, 1.165) is 11.8 Å². The minimum absolute atomic E-state index is 0.0943. The molecule has 2 aliphatic carbocycles. The fourth-order valence-corrected chi connectivity index (χ4v) is 3.73. The van der Waals surface area contributed by atoms with Crippen LogP contribution in [0.25, 0.3) is 0 Å². The average molecular weight is 305 g/mol. The van der Waals surface area contributed by atoms with E-state index in [1.807, 2.05) is 6.07 Å². The summed E-state index contributed by atoms with van der Waals surface area (Å²) in [5.41, 5.74) is -0.0943. The highest BCUT2D eigenvalue weighted by atomic mass is 16.4. The highest BCUT2D eigenvalue weighted by Crippen LogP contribution is 2.49. The number of nitrogens with one attached hydrogen (secondary N) is 2. The van der Waals surface area contributed by atoms with Crippen molar-refractivity contribution < 1.29 is 14.7 Å². The summed E-state index contributed by atoms with van der Waals surface area (Å²) in [5, 5.41) is 23.3. The van der Waals surface area contributed by atoms with Crippen molar-refractivity contribution in [1.82, 2.24) is 10.6 Å². The van der Waals surface area contributed by atoms with Crippen molar-refractivity contribution >= 4 is 11.9 Å². The Morgan fingerprint density at radius 3 is 2.55 bits per heavy atom. The number of hydrogen-bond acceptors (Lipinski definition) is 4. The van der Waals surface area contributed by atoms with Crippen molar-refractivity contribution in [3.05, 3.63) is 11.8 Å². The molecule has 0 spiro atoms. The minimum atomic E-state index is -1.13. The van der Waals surface area contributed by atoms with Crippen molar-refractivity contribution in [1.29, 1.82) is 5.26 Å². The van der Waals surface area contributed by atoms with E-state index in [2.05, 4.69) is 17.6 Å². The summed E-state index contributed by atoms with van der Waals surface area (Å²) in [5.74, 6) is 0.403. The lowest BCUT2D eigenvalue weighted by Crippen LogP contribution is -2.39. The van der Waals surface area contributed by atoms with Crippen LogP contribution < -0.4 is 10.6 Å². The van der Waals surface area contributed by atoms with Crippen LogP contribution in [0.1, 0.15) is 39.5 Å². The zero-order chi connectivity index (χ0) is 16.3. The summed E-state index contributed by atoms with van der Waals surface area (Å²) in [7, 11) is 0. The normalized spacial score (nSPS) is 29.5. The van der Waals surface area contributed by atoms with Crippen LogP contribution in [0, 0.1) is 29.1 Å². The Morgan fingerprint density at radius 2 is 2.05 bits per heavy atom. The molecule has 0 aliphatic heterocycles. The summed E-state index contributed by atoms with van der Waals surface area (Å²) >= 11 is 0. The fourth-order valence-electron chi connectivity index (χ4n) is 3.73. The Bertz CT molecular complexity index is 523. The van der Waals surface area contributed by atoms with Gasteiger partial charge in [-0.05, 0) is 50.9 Å². The second-order valence-electron chi connectivity index (χ2n) is 6.50.